The third kappa shape index (κ3) is 2.05. The molecule has 2 N–H and O–H groups in total. The molecule has 3 heteroatoms. The van der Waals surface area contributed by atoms with Gasteiger partial charge in [-0.1, -0.05) is 35.9 Å². The second-order valence-electron chi connectivity index (χ2n) is 6.05. The molecule has 3 atom stereocenters. The minimum Gasteiger partial charge on any atom is -0.508 e. The zero-order valence-corrected chi connectivity index (χ0v) is 12.5. The Kier molecular flexibility index (Phi) is 3.16. The molecule has 1 fully saturated rings. The summed E-state index contributed by atoms with van der Waals surface area (Å²) in [6.45, 7) is 1.06. The van der Waals surface area contributed by atoms with Gasteiger partial charge in [0, 0.05) is 22.5 Å². The van der Waals surface area contributed by atoms with Crippen molar-refractivity contribution in [2.24, 2.45) is 5.92 Å². The largest absolute Gasteiger partial charge is 0.508 e. The van der Waals surface area contributed by atoms with E-state index in [1.165, 1.54) is 24.0 Å². The van der Waals surface area contributed by atoms with Crippen LogP contribution in [-0.2, 0) is 0 Å². The molecule has 21 heavy (non-hydrogen) atoms. The first-order valence-corrected chi connectivity index (χ1v) is 7.94. The van der Waals surface area contributed by atoms with Gasteiger partial charge < -0.3 is 10.4 Å². The predicted molar refractivity (Wildman–Crippen MR) is 84.9 cm³/mol. The molecular formula is C18H18ClNO. The molecule has 1 aliphatic heterocycles. The SMILES string of the molecule is Oc1ccccc1C1c2ccc(Cl)cc2C2NCCCC21. The fraction of sp³-hybridized carbons (Fsp3) is 0.333. The summed E-state index contributed by atoms with van der Waals surface area (Å²) in [7, 11) is 0. The van der Waals surface area contributed by atoms with E-state index in [-0.39, 0.29) is 5.92 Å². The number of halogens is 1. The average Bonchev–Trinajstić information content (AvgIpc) is 2.82. The monoisotopic (exact) mass is 299 g/mol. The van der Waals surface area contributed by atoms with Crippen LogP contribution in [0.15, 0.2) is 42.5 Å². The highest BCUT2D eigenvalue weighted by atomic mass is 35.5. The lowest BCUT2D eigenvalue weighted by Gasteiger charge is -2.31. The molecular weight excluding hydrogens is 282 g/mol. The zero-order chi connectivity index (χ0) is 14.4. The summed E-state index contributed by atoms with van der Waals surface area (Å²) in [5.74, 6) is 1.16. The molecule has 4 rings (SSSR count). The summed E-state index contributed by atoms with van der Waals surface area (Å²) in [5, 5.41) is 14.7. The number of fused-ring (bicyclic) bond motifs is 3. The second kappa shape index (κ2) is 5.04. The molecule has 1 aliphatic carbocycles. The fourth-order valence-electron chi connectivity index (χ4n) is 4.09. The molecule has 2 nitrogen and oxygen atoms in total. The fourth-order valence-corrected chi connectivity index (χ4v) is 4.27. The lowest BCUT2D eigenvalue weighted by Crippen LogP contribution is -2.32. The standard InChI is InChI=1S/C18H18ClNO/c19-11-7-8-12-15(10-11)18-14(5-3-9-20-18)17(12)13-4-1-2-6-16(13)21/h1-2,4,6-8,10,14,17-18,20-21H,3,5,9H2. The number of phenols is 1. The maximum atomic E-state index is 10.3. The van der Waals surface area contributed by atoms with Gasteiger partial charge in [-0.15, -0.1) is 0 Å². The van der Waals surface area contributed by atoms with Crippen LogP contribution in [0.25, 0.3) is 0 Å². The van der Waals surface area contributed by atoms with E-state index >= 15 is 0 Å². The van der Waals surface area contributed by atoms with Gasteiger partial charge in [0.05, 0.1) is 0 Å². The molecule has 3 unspecified atom stereocenters. The topological polar surface area (TPSA) is 32.3 Å². The lowest BCUT2D eigenvalue weighted by atomic mass is 9.80. The molecule has 0 saturated carbocycles. The number of nitrogens with one attached hydrogen (secondary N) is 1. The molecule has 108 valence electrons. The predicted octanol–water partition coefficient (Wildman–Crippen LogP) is 4.23. The molecule has 0 bridgehead atoms. The van der Waals surface area contributed by atoms with Crippen LogP contribution in [0.2, 0.25) is 5.02 Å². The van der Waals surface area contributed by atoms with Gasteiger partial charge in [-0.3, -0.25) is 0 Å². The number of piperidine rings is 1. The Morgan fingerprint density at radius 3 is 2.76 bits per heavy atom. The van der Waals surface area contributed by atoms with Gasteiger partial charge in [0.1, 0.15) is 5.75 Å². The summed E-state index contributed by atoms with van der Waals surface area (Å²) in [5.41, 5.74) is 3.66. The molecule has 0 amide bonds. The van der Waals surface area contributed by atoms with Crippen molar-refractivity contribution in [3.05, 3.63) is 64.2 Å². The van der Waals surface area contributed by atoms with E-state index in [2.05, 4.69) is 23.5 Å². The Morgan fingerprint density at radius 2 is 1.90 bits per heavy atom. The Bertz CT molecular complexity index is 685. The minimum absolute atomic E-state index is 0.260. The van der Waals surface area contributed by atoms with Gasteiger partial charge in [0.2, 0.25) is 0 Å². The van der Waals surface area contributed by atoms with Crippen LogP contribution in [0.5, 0.6) is 5.75 Å². The Morgan fingerprint density at radius 1 is 1.05 bits per heavy atom. The molecule has 2 aromatic carbocycles. The second-order valence-corrected chi connectivity index (χ2v) is 6.48. The first-order valence-electron chi connectivity index (χ1n) is 7.56. The van der Waals surface area contributed by atoms with E-state index in [4.69, 9.17) is 11.6 Å². The van der Waals surface area contributed by atoms with E-state index in [0.717, 1.165) is 17.1 Å². The van der Waals surface area contributed by atoms with Crippen LogP contribution in [0, 0.1) is 5.92 Å². The van der Waals surface area contributed by atoms with Crippen LogP contribution in [-0.4, -0.2) is 11.7 Å². The van der Waals surface area contributed by atoms with Gasteiger partial charge in [-0.25, -0.2) is 0 Å². The summed E-state index contributed by atoms with van der Waals surface area (Å²) >= 11 is 6.20. The number of phenolic OH excluding ortho intramolecular Hbond substituents is 1. The van der Waals surface area contributed by atoms with E-state index in [0.29, 0.717) is 17.7 Å². The number of aromatic hydroxyl groups is 1. The number of hydrogen-bond donors (Lipinski definition) is 2. The van der Waals surface area contributed by atoms with Crippen molar-refractivity contribution in [2.75, 3.05) is 6.54 Å². The van der Waals surface area contributed by atoms with Crippen LogP contribution in [0.4, 0.5) is 0 Å². The minimum atomic E-state index is 0.260. The van der Waals surface area contributed by atoms with Crippen molar-refractivity contribution in [3.8, 4) is 5.75 Å². The Balaban J connectivity index is 1.89. The molecule has 1 heterocycles. The van der Waals surface area contributed by atoms with Gasteiger partial charge in [-0.05, 0) is 54.6 Å². The number of rotatable bonds is 1. The summed E-state index contributed by atoms with van der Waals surface area (Å²) in [6.07, 6.45) is 2.37. The molecule has 0 radical (unpaired) electrons. The van der Waals surface area contributed by atoms with E-state index in [1.807, 2.05) is 18.2 Å². The zero-order valence-electron chi connectivity index (χ0n) is 11.7. The third-order valence-corrected chi connectivity index (χ3v) is 5.16. The Labute approximate surface area is 129 Å². The number of benzene rings is 2. The van der Waals surface area contributed by atoms with Crippen molar-refractivity contribution in [1.82, 2.24) is 5.32 Å². The molecule has 2 aliphatic rings. The van der Waals surface area contributed by atoms with E-state index in [9.17, 15) is 5.11 Å². The van der Waals surface area contributed by atoms with Crippen molar-refractivity contribution in [2.45, 2.75) is 24.8 Å². The summed E-state index contributed by atoms with van der Waals surface area (Å²) in [6, 6.07) is 14.3. The lowest BCUT2D eigenvalue weighted by molar-refractivity contribution is 0.284. The highest BCUT2D eigenvalue weighted by Gasteiger charge is 2.43. The number of para-hydroxylation sites is 1. The first-order chi connectivity index (χ1) is 10.3. The van der Waals surface area contributed by atoms with Crippen LogP contribution < -0.4 is 5.32 Å². The quantitative estimate of drug-likeness (QED) is 0.826. The maximum absolute atomic E-state index is 10.3. The van der Waals surface area contributed by atoms with Crippen molar-refractivity contribution >= 4 is 11.6 Å². The Hall–Kier alpha value is -1.51. The van der Waals surface area contributed by atoms with Crippen molar-refractivity contribution < 1.29 is 5.11 Å². The van der Waals surface area contributed by atoms with E-state index < -0.39 is 0 Å². The summed E-state index contributed by atoms with van der Waals surface area (Å²) in [4.78, 5) is 0. The molecule has 0 aromatic heterocycles. The third-order valence-electron chi connectivity index (χ3n) is 4.93. The highest BCUT2D eigenvalue weighted by molar-refractivity contribution is 6.30. The maximum Gasteiger partial charge on any atom is 0.119 e. The van der Waals surface area contributed by atoms with Gasteiger partial charge in [0.25, 0.3) is 0 Å². The van der Waals surface area contributed by atoms with Crippen molar-refractivity contribution in [3.63, 3.8) is 0 Å². The average molecular weight is 300 g/mol. The van der Waals surface area contributed by atoms with Crippen LogP contribution in [0.3, 0.4) is 0 Å². The molecule has 0 spiro atoms. The highest BCUT2D eigenvalue weighted by Crippen LogP contribution is 2.53. The van der Waals surface area contributed by atoms with Gasteiger partial charge in [-0.2, -0.15) is 0 Å². The van der Waals surface area contributed by atoms with Crippen molar-refractivity contribution in [1.29, 1.82) is 0 Å². The smallest absolute Gasteiger partial charge is 0.119 e. The molecule has 2 aromatic rings. The van der Waals surface area contributed by atoms with Crippen LogP contribution in [0.1, 0.15) is 41.5 Å². The van der Waals surface area contributed by atoms with Crippen LogP contribution >= 0.6 is 11.6 Å². The van der Waals surface area contributed by atoms with Gasteiger partial charge >= 0.3 is 0 Å². The normalized spacial score (nSPS) is 27.2. The number of hydrogen-bond acceptors (Lipinski definition) is 2. The first kappa shape index (κ1) is 13.2. The van der Waals surface area contributed by atoms with Gasteiger partial charge in [0.15, 0.2) is 0 Å². The van der Waals surface area contributed by atoms with E-state index in [1.54, 1.807) is 6.07 Å². The molecule has 1 saturated heterocycles. The summed E-state index contributed by atoms with van der Waals surface area (Å²) < 4.78 is 0.